The predicted octanol–water partition coefficient (Wildman–Crippen LogP) is 3.19. The van der Waals surface area contributed by atoms with E-state index in [1.165, 1.54) is 24.3 Å². The Labute approximate surface area is 153 Å². The summed E-state index contributed by atoms with van der Waals surface area (Å²) in [5.74, 6) is 0.629. The minimum absolute atomic E-state index is 0.166. The van der Waals surface area contributed by atoms with Gasteiger partial charge in [-0.25, -0.2) is 14.4 Å². The van der Waals surface area contributed by atoms with Crippen LogP contribution in [-0.4, -0.2) is 25.3 Å². The normalized spacial score (nSPS) is 11.9. The number of fused-ring (bicyclic) bond motifs is 1. The van der Waals surface area contributed by atoms with Gasteiger partial charge in [-0.15, -0.1) is 0 Å². The molecular formula is C19H13FN6O. The van der Waals surface area contributed by atoms with E-state index in [9.17, 15) is 9.50 Å². The Balaban J connectivity index is 1.78. The third-order valence-electron chi connectivity index (χ3n) is 4.00. The van der Waals surface area contributed by atoms with E-state index in [0.29, 0.717) is 28.4 Å². The minimum atomic E-state index is -1.12. The number of H-pyrrole nitrogens is 1. The number of halogens is 1. The summed E-state index contributed by atoms with van der Waals surface area (Å²) in [6, 6.07) is 16.3. The number of hydrogen-bond donors (Lipinski definition) is 3. The highest BCUT2D eigenvalue weighted by Gasteiger charge is 2.17. The number of nitriles is 1. The van der Waals surface area contributed by atoms with Crippen molar-refractivity contribution < 1.29 is 9.50 Å². The summed E-state index contributed by atoms with van der Waals surface area (Å²) < 4.78 is 13.1. The molecule has 0 spiro atoms. The molecule has 0 radical (unpaired) electrons. The molecule has 1 atom stereocenters. The van der Waals surface area contributed by atoms with Crippen LogP contribution >= 0.6 is 0 Å². The Hall–Kier alpha value is -3.83. The van der Waals surface area contributed by atoms with Gasteiger partial charge in [0, 0.05) is 11.5 Å². The van der Waals surface area contributed by atoms with Gasteiger partial charge in [-0.3, -0.25) is 5.10 Å². The van der Waals surface area contributed by atoms with Crippen molar-refractivity contribution in [3.8, 4) is 6.07 Å². The summed E-state index contributed by atoms with van der Waals surface area (Å²) >= 11 is 0. The second-order valence-electron chi connectivity index (χ2n) is 5.81. The highest BCUT2D eigenvalue weighted by Crippen LogP contribution is 2.27. The van der Waals surface area contributed by atoms with E-state index in [2.05, 4.69) is 25.5 Å². The van der Waals surface area contributed by atoms with Crippen LogP contribution in [0.4, 0.5) is 16.0 Å². The number of nitrogens with one attached hydrogen (secondary N) is 2. The quantitative estimate of drug-likeness (QED) is 0.515. The zero-order chi connectivity index (χ0) is 18.8. The second-order valence-corrected chi connectivity index (χ2v) is 5.81. The molecule has 0 saturated carbocycles. The van der Waals surface area contributed by atoms with Gasteiger partial charge < -0.3 is 10.4 Å². The summed E-state index contributed by atoms with van der Waals surface area (Å²) in [7, 11) is 0. The molecular weight excluding hydrogens is 347 g/mol. The average molecular weight is 360 g/mol. The van der Waals surface area contributed by atoms with Crippen molar-refractivity contribution in [2.75, 3.05) is 5.32 Å². The van der Waals surface area contributed by atoms with E-state index in [1.807, 2.05) is 24.3 Å². The van der Waals surface area contributed by atoms with Crippen molar-refractivity contribution in [3.05, 3.63) is 77.5 Å². The van der Waals surface area contributed by atoms with E-state index in [-0.39, 0.29) is 11.6 Å². The zero-order valence-electron chi connectivity index (χ0n) is 13.9. The van der Waals surface area contributed by atoms with E-state index in [4.69, 9.17) is 5.26 Å². The Morgan fingerprint density at radius 1 is 1.11 bits per heavy atom. The smallest absolute Gasteiger partial charge is 0.164 e. The summed E-state index contributed by atoms with van der Waals surface area (Å²) in [5.41, 5.74) is 1.41. The van der Waals surface area contributed by atoms with Crippen molar-refractivity contribution >= 4 is 22.5 Å². The SMILES string of the molecule is N#Cc1cc(Nc2nc(C(O)c3ccc(F)cc3)nc3ccccc23)n[nH]1. The molecule has 3 N–H and O–H groups in total. The van der Waals surface area contributed by atoms with Crippen molar-refractivity contribution in [3.63, 3.8) is 0 Å². The molecule has 1 unspecified atom stereocenters. The molecule has 0 bridgehead atoms. The third-order valence-corrected chi connectivity index (χ3v) is 4.00. The van der Waals surface area contributed by atoms with E-state index < -0.39 is 6.10 Å². The number of nitrogens with zero attached hydrogens (tertiary/aromatic N) is 4. The Kier molecular flexibility index (Phi) is 4.20. The fourth-order valence-electron chi connectivity index (χ4n) is 2.67. The van der Waals surface area contributed by atoms with Crippen molar-refractivity contribution in [2.24, 2.45) is 0 Å². The molecule has 4 aromatic rings. The van der Waals surface area contributed by atoms with Crippen LogP contribution in [0, 0.1) is 17.1 Å². The molecule has 8 heteroatoms. The Morgan fingerprint density at radius 2 is 1.89 bits per heavy atom. The summed E-state index contributed by atoms with van der Waals surface area (Å²) in [6.07, 6.45) is -1.12. The van der Waals surface area contributed by atoms with Gasteiger partial charge in [0.25, 0.3) is 0 Å². The van der Waals surface area contributed by atoms with Crippen LogP contribution in [0.25, 0.3) is 10.9 Å². The predicted molar refractivity (Wildman–Crippen MR) is 96.6 cm³/mol. The highest BCUT2D eigenvalue weighted by molar-refractivity contribution is 5.90. The number of aromatic amines is 1. The lowest BCUT2D eigenvalue weighted by atomic mass is 10.1. The Morgan fingerprint density at radius 3 is 2.63 bits per heavy atom. The van der Waals surface area contributed by atoms with Gasteiger partial charge in [0.05, 0.1) is 5.52 Å². The molecule has 0 aliphatic carbocycles. The summed E-state index contributed by atoms with van der Waals surface area (Å²) in [5, 5.41) is 29.9. The standard InChI is InChI=1S/C19H13FN6O/c20-12-7-5-11(6-8-12)17(27)19-22-15-4-2-1-3-14(15)18(24-19)23-16-9-13(10-21)25-26-16/h1-9,17,27H,(H2,22,23,24,25,26). The first kappa shape index (κ1) is 16.6. The number of hydrogen-bond acceptors (Lipinski definition) is 6. The van der Waals surface area contributed by atoms with Crippen LogP contribution in [0.2, 0.25) is 0 Å². The van der Waals surface area contributed by atoms with Gasteiger partial charge >= 0.3 is 0 Å². The van der Waals surface area contributed by atoms with Crippen LogP contribution in [-0.2, 0) is 0 Å². The van der Waals surface area contributed by atoms with Crippen LogP contribution in [0.5, 0.6) is 0 Å². The molecule has 2 heterocycles. The molecule has 7 nitrogen and oxygen atoms in total. The molecule has 2 aromatic carbocycles. The molecule has 0 amide bonds. The zero-order valence-corrected chi connectivity index (χ0v) is 13.9. The lowest BCUT2D eigenvalue weighted by Gasteiger charge is -2.13. The molecule has 0 fully saturated rings. The number of anilines is 2. The molecule has 0 aliphatic heterocycles. The first-order valence-corrected chi connectivity index (χ1v) is 8.07. The maximum absolute atomic E-state index is 13.1. The molecule has 132 valence electrons. The maximum Gasteiger partial charge on any atom is 0.164 e. The van der Waals surface area contributed by atoms with Gasteiger partial charge in [0.15, 0.2) is 11.6 Å². The topological polar surface area (TPSA) is 111 Å². The van der Waals surface area contributed by atoms with Gasteiger partial charge in [0.2, 0.25) is 0 Å². The van der Waals surface area contributed by atoms with Crippen LogP contribution in [0.1, 0.15) is 23.2 Å². The lowest BCUT2D eigenvalue weighted by molar-refractivity contribution is 0.210. The number of aromatic nitrogens is 4. The number of aliphatic hydroxyl groups is 1. The average Bonchev–Trinajstić information content (AvgIpc) is 3.15. The van der Waals surface area contributed by atoms with Gasteiger partial charge in [0.1, 0.15) is 29.5 Å². The molecule has 27 heavy (non-hydrogen) atoms. The van der Waals surface area contributed by atoms with Gasteiger partial charge in [-0.05, 0) is 29.8 Å². The largest absolute Gasteiger partial charge is 0.380 e. The van der Waals surface area contributed by atoms with Crippen molar-refractivity contribution in [2.45, 2.75) is 6.10 Å². The monoisotopic (exact) mass is 360 g/mol. The summed E-state index contributed by atoms with van der Waals surface area (Å²) in [6.45, 7) is 0. The number of benzene rings is 2. The number of para-hydroxylation sites is 1. The molecule has 2 aromatic heterocycles. The highest BCUT2D eigenvalue weighted by atomic mass is 19.1. The summed E-state index contributed by atoms with van der Waals surface area (Å²) in [4.78, 5) is 8.85. The number of rotatable bonds is 4. The van der Waals surface area contributed by atoms with Crippen LogP contribution in [0.15, 0.2) is 54.6 Å². The molecule has 4 rings (SSSR count). The van der Waals surface area contributed by atoms with Gasteiger partial charge in [-0.2, -0.15) is 10.4 Å². The van der Waals surface area contributed by atoms with E-state index in [1.54, 1.807) is 12.1 Å². The third kappa shape index (κ3) is 3.31. The fourth-order valence-corrected chi connectivity index (χ4v) is 2.67. The lowest BCUT2D eigenvalue weighted by Crippen LogP contribution is -2.08. The van der Waals surface area contributed by atoms with Crippen LogP contribution < -0.4 is 5.32 Å². The van der Waals surface area contributed by atoms with Crippen molar-refractivity contribution in [1.82, 2.24) is 20.2 Å². The molecule has 0 saturated heterocycles. The maximum atomic E-state index is 13.1. The van der Waals surface area contributed by atoms with Crippen LogP contribution in [0.3, 0.4) is 0 Å². The first-order chi connectivity index (χ1) is 13.1. The molecule has 0 aliphatic rings. The fraction of sp³-hybridized carbons (Fsp3) is 0.0526. The second kappa shape index (κ2) is 6.82. The van der Waals surface area contributed by atoms with E-state index >= 15 is 0 Å². The minimum Gasteiger partial charge on any atom is -0.380 e. The van der Waals surface area contributed by atoms with Crippen molar-refractivity contribution in [1.29, 1.82) is 5.26 Å². The Bertz CT molecular complexity index is 1150. The first-order valence-electron chi connectivity index (χ1n) is 8.07. The number of aliphatic hydroxyl groups excluding tert-OH is 1. The van der Waals surface area contributed by atoms with Gasteiger partial charge in [-0.1, -0.05) is 24.3 Å². The van der Waals surface area contributed by atoms with E-state index in [0.717, 1.165) is 5.39 Å².